The number of likely N-dealkylation sites (tertiary alicyclic amines) is 1. The summed E-state index contributed by atoms with van der Waals surface area (Å²) in [5, 5.41) is 2.97. The number of carbonyl (C=O) groups is 1. The molecule has 1 heterocycles. The Morgan fingerprint density at radius 2 is 1.88 bits per heavy atom. The average Bonchev–Trinajstić information content (AvgIpc) is 2.63. The molecule has 2 aromatic carbocycles. The summed E-state index contributed by atoms with van der Waals surface area (Å²) >= 11 is 0. The summed E-state index contributed by atoms with van der Waals surface area (Å²) < 4.78 is 13.0. The van der Waals surface area contributed by atoms with E-state index in [1.165, 1.54) is 30.5 Å². The van der Waals surface area contributed by atoms with E-state index in [4.69, 9.17) is 0 Å². The van der Waals surface area contributed by atoms with E-state index in [0.29, 0.717) is 5.56 Å². The molecule has 3 nitrogen and oxygen atoms in total. The van der Waals surface area contributed by atoms with Gasteiger partial charge in [0.25, 0.3) is 5.91 Å². The Hall–Kier alpha value is -2.20. The van der Waals surface area contributed by atoms with E-state index in [2.05, 4.69) is 17.1 Å². The minimum atomic E-state index is -0.272. The Morgan fingerprint density at radius 1 is 1.19 bits per heavy atom. The predicted molar refractivity (Wildman–Crippen MR) is 102 cm³/mol. The molecule has 0 radical (unpaired) electrons. The molecular weight excluding hydrogens is 327 g/mol. The minimum Gasteiger partial charge on any atom is -0.346 e. The zero-order chi connectivity index (χ0) is 18.5. The molecule has 2 aromatic rings. The number of halogens is 1. The van der Waals surface area contributed by atoms with Gasteiger partial charge in [-0.15, -0.1) is 0 Å². The van der Waals surface area contributed by atoms with Crippen LogP contribution >= 0.6 is 0 Å². The summed E-state index contributed by atoms with van der Waals surface area (Å²) in [5.74, 6) is 0.382. The van der Waals surface area contributed by atoms with Gasteiger partial charge < -0.3 is 5.32 Å². The lowest BCUT2D eigenvalue weighted by Gasteiger charge is -2.30. The van der Waals surface area contributed by atoms with E-state index in [0.717, 1.165) is 31.1 Å². The van der Waals surface area contributed by atoms with Crippen LogP contribution in [-0.4, -0.2) is 23.9 Å². The van der Waals surface area contributed by atoms with Gasteiger partial charge in [0.15, 0.2) is 0 Å². The normalized spacial score (nSPS) is 19.1. The van der Waals surface area contributed by atoms with E-state index in [1.807, 2.05) is 31.2 Å². The lowest BCUT2D eigenvalue weighted by molar-refractivity contribution is 0.0940. The second-order valence-corrected chi connectivity index (χ2v) is 7.43. The molecule has 1 amide bonds. The highest BCUT2D eigenvalue weighted by Gasteiger charge is 2.16. The van der Waals surface area contributed by atoms with Crippen molar-refractivity contribution in [2.75, 3.05) is 13.1 Å². The lowest BCUT2D eigenvalue weighted by atomic mass is 9.99. The van der Waals surface area contributed by atoms with Crippen molar-refractivity contribution in [2.45, 2.75) is 39.3 Å². The second kappa shape index (κ2) is 8.45. The van der Waals surface area contributed by atoms with Gasteiger partial charge in [-0.05, 0) is 67.6 Å². The van der Waals surface area contributed by atoms with Crippen molar-refractivity contribution in [1.82, 2.24) is 10.2 Å². The molecule has 0 aliphatic carbocycles. The van der Waals surface area contributed by atoms with Crippen LogP contribution in [0.2, 0.25) is 0 Å². The fourth-order valence-electron chi connectivity index (χ4n) is 3.56. The van der Waals surface area contributed by atoms with Gasteiger partial charge in [0.05, 0.1) is 6.04 Å². The van der Waals surface area contributed by atoms with E-state index in [-0.39, 0.29) is 17.8 Å². The highest BCUT2D eigenvalue weighted by Crippen LogP contribution is 2.18. The number of hydrogen-bond acceptors (Lipinski definition) is 2. The molecular formula is C22H27FN2O. The molecule has 1 aliphatic rings. The first-order valence-corrected chi connectivity index (χ1v) is 9.39. The maximum Gasteiger partial charge on any atom is 0.251 e. The smallest absolute Gasteiger partial charge is 0.251 e. The molecule has 3 rings (SSSR count). The fraction of sp³-hybridized carbons (Fsp3) is 0.409. The van der Waals surface area contributed by atoms with E-state index >= 15 is 0 Å². The molecule has 0 unspecified atom stereocenters. The van der Waals surface area contributed by atoms with Gasteiger partial charge in [-0.2, -0.15) is 0 Å². The Balaban J connectivity index is 1.57. The number of carbonyl (C=O) groups excluding carboxylic acids is 1. The van der Waals surface area contributed by atoms with Crippen LogP contribution in [0.1, 0.15) is 54.2 Å². The highest BCUT2D eigenvalue weighted by atomic mass is 19.1. The van der Waals surface area contributed by atoms with Gasteiger partial charge in [0, 0.05) is 18.7 Å². The molecule has 4 heteroatoms. The number of rotatable bonds is 5. The summed E-state index contributed by atoms with van der Waals surface area (Å²) in [7, 11) is 0. The molecule has 1 N–H and O–H groups in total. The van der Waals surface area contributed by atoms with Crippen molar-refractivity contribution in [1.29, 1.82) is 0 Å². The first kappa shape index (κ1) is 18.6. The summed E-state index contributed by atoms with van der Waals surface area (Å²) in [5.41, 5.74) is 2.77. The predicted octanol–water partition coefficient (Wildman–Crippen LogP) is 4.55. The Morgan fingerprint density at radius 3 is 2.54 bits per heavy atom. The van der Waals surface area contributed by atoms with Crippen LogP contribution in [0.5, 0.6) is 0 Å². The summed E-state index contributed by atoms with van der Waals surface area (Å²) in [6.45, 7) is 7.45. The summed E-state index contributed by atoms with van der Waals surface area (Å²) in [6, 6.07) is 13.9. The first-order chi connectivity index (χ1) is 12.5. The number of hydrogen-bond donors (Lipinski definition) is 1. The topological polar surface area (TPSA) is 32.3 Å². The third-order valence-corrected chi connectivity index (χ3v) is 5.08. The molecule has 0 saturated carbocycles. The summed E-state index contributed by atoms with van der Waals surface area (Å²) in [4.78, 5) is 14.9. The van der Waals surface area contributed by atoms with Gasteiger partial charge in [-0.25, -0.2) is 4.39 Å². The SMILES string of the molecule is C[C@H]1CCCN(Cc2ccc(C(=O)N[C@@H](C)c3ccc(F)cc3)cc2)C1. The minimum absolute atomic E-state index is 0.111. The van der Waals surface area contributed by atoms with E-state index in [1.54, 1.807) is 12.1 Å². The molecule has 0 spiro atoms. The van der Waals surface area contributed by atoms with Crippen LogP contribution in [0.3, 0.4) is 0 Å². The number of nitrogens with one attached hydrogen (secondary N) is 1. The van der Waals surface area contributed by atoms with E-state index < -0.39 is 0 Å². The van der Waals surface area contributed by atoms with Crippen molar-refractivity contribution in [3.63, 3.8) is 0 Å². The number of piperidine rings is 1. The maximum absolute atomic E-state index is 13.0. The molecule has 26 heavy (non-hydrogen) atoms. The summed E-state index contributed by atoms with van der Waals surface area (Å²) in [6.07, 6.45) is 2.59. The molecule has 2 atom stereocenters. The van der Waals surface area contributed by atoms with Crippen molar-refractivity contribution in [2.24, 2.45) is 5.92 Å². The van der Waals surface area contributed by atoms with Crippen LogP contribution in [0.4, 0.5) is 4.39 Å². The Kier molecular flexibility index (Phi) is 6.04. The van der Waals surface area contributed by atoms with Crippen molar-refractivity contribution < 1.29 is 9.18 Å². The van der Waals surface area contributed by atoms with E-state index in [9.17, 15) is 9.18 Å². The number of benzene rings is 2. The monoisotopic (exact) mass is 354 g/mol. The quantitative estimate of drug-likeness (QED) is 0.854. The third-order valence-electron chi connectivity index (χ3n) is 5.08. The molecule has 1 saturated heterocycles. The zero-order valence-corrected chi connectivity index (χ0v) is 15.5. The first-order valence-electron chi connectivity index (χ1n) is 9.39. The zero-order valence-electron chi connectivity index (χ0n) is 15.5. The molecule has 1 aliphatic heterocycles. The van der Waals surface area contributed by atoms with Crippen LogP contribution in [0.25, 0.3) is 0 Å². The maximum atomic E-state index is 13.0. The second-order valence-electron chi connectivity index (χ2n) is 7.43. The molecule has 0 aromatic heterocycles. The van der Waals surface area contributed by atoms with Gasteiger partial charge in [-0.1, -0.05) is 31.2 Å². The van der Waals surface area contributed by atoms with Gasteiger partial charge in [-0.3, -0.25) is 9.69 Å². The standard InChI is InChI=1S/C22H27FN2O/c1-16-4-3-13-25(14-16)15-18-5-7-20(8-6-18)22(26)24-17(2)19-9-11-21(23)12-10-19/h5-12,16-17H,3-4,13-15H2,1-2H3,(H,24,26)/t16-,17-/m0/s1. The van der Waals surface area contributed by atoms with Crippen LogP contribution in [0.15, 0.2) is 48.5 Å². The van der Waals surface area contributed by atoms with Crippen molar-refractivity contribution >= 4 is 5.91 Å². The van der Waals surface area contributed by atoms with Gasteiger partial charge >= 0.3 is 0 Å². The van der Waals surface area contributed by atoms with Crippen LogP contribution in [-0.2, 0) is 6.54 Å². The van der Waals surface area contributed by atoms with Crippen LogP contribution < -0.4 is 5.32 Å². The molecule has 0 bridgehead atoms. The van der Waals surface area contributed by atoms with Crippen molar-refractivity contribution in [3.8, 4) is 0 Å². The highest BCUT2D eigenvalue weighted by molar-refractivity contribution is 5.94. The fourth-order valence-corrected chi connectivity index (χ4v) is 3.56. The van der Waals surface area contributed by atoms with Crippen molar-refractivity contribution in [3.05, 3.63) is 71.0 Å². The number of amides is 1. The average molecular weight is 354 g/mol. The largest absolute Gasteiger partial charge is 0.346 e. The third kappa shape index (κ3) is 4.92. The van der Waals surface area contributed by atoms with Gasteiger partial charge in [0.1, 0.15) is 5.82 Å². The molecule has 138 valence electrons. The Labute approximate surface area is 155 Å². The van der Waals surface area contributed by atoms with Gasteiger partial charge in [0.2, 0.25) is 0 Å². The number of nitrogens with zero attached hydrogens (tertiary/aromatic N) is 1. The molecule has 1 fully saturated rings. The van der Waals surface area contributed by atoms with Crippen LogP contribution in [0, 0.1) is 11.7 Å². The Bertz CT molecular complexity index is 727. The lowest BCUT2D eigenvalue weighted by Crippen LogP contribution is -2.33.